The number of hydrogen-bond acceptors (Lipinski definition) is 6. The molecule has 6 nitrogen and oxygen atoms in total. The summed E-state index contributed by atoms with van der Waals surface area (Å²) in [7, 11) is 0. The van der Waals surface area contributed by atoms with Crippen LogP contribution >= 0.6 is 0 Å². The van der Waals surface area contributed by atoms with Crippen molar-refractivity contribution < 1.29 is 55.5 Å². The van der Waals surface area contributed by atoms with Crippen molar-refractivity contribution in [3.05, 3.63) is 35.5 Å². The number of carbonyl (C=O) groups is 3. The van der Waals surface area contributed by atoms with Crippen molar-refractivity contribution in [2.45, 2.75) is 41.5 Å². The molecule has 0 spiro atoms. The smallest absolute Gasteiger partial charge is 0.151 e. The molecule has 7 heteroatoms. The first-order valence-electron chi connectivity index (χ1n) is 5.96. The average Bonchev–Trinajstić information content (AvgIpc) is 2.10. The molecule has 0 heterocycles. The van der Waals surface area contributed by atoms with E-state index in [0.29, 0.717) is 0 Å². The minimum atomic E-state index is -0.187. The maximum atomic E-state index is 9.98. The molecule has 0 unspecified atom stereocenters. The van der Waals surface area contributed by atoms with E-state index in [9.17, 15) is 29.7 Å². The summed E-state index contributed by atoms with van der Waals surface area (Å²) in [5.74, 6) is -1.12. The van der Waals surface area contributed by atoms with Gasteiger partial charge in [-0.1, -0.05) is 20.8 Å². The second-order valence-electron chi connectivity index (χ2n) is 4.10. The first-order chi connectivity index (χ1) is 9.38. The summed E-state index contributed by atoms with van der Waals surface area (Å²) < 4.78 is 0. The van der Waals surface area contributed by atoms with E-state index >= 15 is 0 Å². The molecule has 0 aromatic rings. The number of allylic oxidation sites excluding steroid dienone is 6. The van der Waals surface area contributed by atoms with Crippen LogP contribution in [0.2, 0.25) is 0 Å². The third kappa shape index (κ3) is 51.4. The van der Waals surface area contributed by atoms with E-state index in [0.717, 1.165) is 18.2 Å². The molecule has 0 amide bonds. The predicted molar refractivity (Wildman–Crippen MR) is 73.3 cm³/mol. The van der Waals surface area contributed by atoms with E-state index < -0.39 is 0 Å². The van der Waals surface area contributed by atoms with Gasteiger partial charge in [-0.25, -0.2) is 0 Å². The minimum absolute atomic E-state index is 0. The molecule has 0 aliphatic heterocycles. The largest absolute Gasteiger partial charge is 0.876 e. The third-order valence-corrected chi connectivity index (χ3v) is 1.22. The van der Waals surface area contributed by atoms with E-state index in [1.807, 2.05) is 0 Å². The van der Waals surface area contributed by atoms with Crippen molar-refractivity contribution in [1.82, 2.24) is 0 Å². The van der Waals surface area contributed by atoms with Gasteiger partial charge < -0.3 is 15.3 Å². The summed E-state index contributed by atoms with van der Waals surface area (Å²) in [6.45, 7) is 8.09. The van der Waals surface area contributed by atoms with Gasteiger partial charge in [-0.2, -0.15) is 0 Å². The SMILES string of the molecule is CC(=O)/C=C(/C)[O-].CC(=O)/C=C(/C)[O-].CC(=O)/C=C(/C)[O-].[Hf]. The summed E-state index contributed by atoms with van der Waals surface area (Å²) >= 11 is 0. The van der Waals surface area contributed by atoms with Crippen molar-refractivity contribution >= 4 is 17.3 Å². The molecule has 0 aliphatic carbocycles. The molecule has 0 atom stereocenters. The van der Waals surface area contributed by atoms with Crippen molar-refractivity contribution in [1.29, 1.82) is 0 Å². The first-order valence-corrected chi connectivity index (χ1v) is 5.96. The Hall–Kier alpha value is -1.50. The maximum Gasteiger partial charge on any atom is 0.151 e. The summed E-state index contributed by atoms with van der Waals surface area (Å²) in [6, 6.07) is 0. The minimum Gasteiger partial charge on any atom is -0.876 e. The zero-order chi connectivity index (χ0) is 17.6. The Morgan fingerprint density at radius 2 is 0.682 bits per heavy atom. The van der Waals surface area contributed by atoms with Gasteiger partial charge in [0.1, 0.15) is 0 Å². The van der Waals surface area contributed by atoms with Crippen LogP contribution < -0.4 is 15.3 Å². The van der Waals surface area contributed by atoms with Crippen LogP contribution in [0.15, 0.2) is 35.5 Å². The zero-order valence-electron chi connectivity index (χ0n) is 13.7. The Kier molecular flexibility index (Phi) is 22.8. The molecule has 0 aromatic heterocycles. The summed E-state index contributed by atoms with van der Waals surface area (Å²) in [5, 5.41) is 29.9. The van der Waals surface area contributed by atoms with Gasteiger partial charge in [0, 0.05) is 25.8 Å². The summed E-state index contributed by atoms with van der Waals surface area (Å²) in [4.78, 5) is 29.9. The molecule has 124 valence electrons. The Balaban J connectivity index is -0.000000108. The molecule has 0 N–H and O–H groups in total. The van der Waals surface area contributed by atoms with Gasteiger partial charge in [0.25, 0.3) is 0 Å². The zero-order valence-corrected chi connectivity index (χ0v) is 17.3. The van der Waals surface area contributed by atoms with Crippen molar-refractivity contribution in [3.8, 4) is 0 Å². The fourth-order valence-corrected chi connectivity index (χ4v) is 0.859. The molecule has 0 aromatic carbocycles. The van der Waals surface area contributed by atoms with Crippen LogP contribution in [0, 0.1) is 0 Å². The third-order valence-electron chi connectivity index (χ3n) is 1.22. The summed E-state index contributed by atoms with van der Waals surface area (Å²) in [6.07, 6.45) is 3.17. The predicted octanol–water partition coefficient (Wildman–Crippen LogP) is -0.484. The van der Waals surface area contributed by atoms with Crippen LogP contribution in [-0.4, -0.2) is 17.3 Å². The second-order valence-corrected chi connectivity index (χ2v) is 4.10. The van der Waals surface area contributed by atoms with E-state index in [1.54, 1.807) is 0 Å². The van der Waals surface area contributed by atoms with Crippen LogP contribution in [0.1, 0.15) is 41.5 Å². The van der Waals surface area contributed by atoms with Gasteiger partial charge in [-0.15, -0.1) is 17.3 Å². The van der Waals surface area contributed by atoms with Crippen molar-refractivity contribution in [2.75, 3.05) is 0 Å². The van der Waals surface area contributed by atoms with Gasteiger partial charge in [-0.3, -0.25) is 14.4 Å². The Morgan fingerprint density at radius 1 is 0.545 bits per heavy atom. The standard InChI is InChI=1S/3C5H8O2.Hf/c3*1-4(6)3-5(2)7;/h3*3,6H,1-2H3;/p-3/b3*4-3-;. The quantitative estimate of drug-likeness (QED) is 0.309. The van der Waals surface area contributed by atoms with Crippen LogP contribution in [0.3, 0.4) is 0 Å². The molecule has 0 saturated heterocycles. The number of ketones is 3. The molecule has 0 fully saturated rings. The first kappa shape index (κ1) is 28.6. The average molecular weight is 476 g/mol. The van der Waals surface area contributed by atoms with E-state index in [1.165, 1.54) is 41.5 Å². The van der Waals surface area contributed by atoms with Gasteiger partial charge in [-0.05, 0) is 39.0 Å². The van der Waals surface area contributed by atoms with Gasteiger partial charge in [0.05, 0.1) is 0 Å². The molecule has 0 saturated carbocycles. The normalized spacial score (nSPS) is 10.9. The number of rotatable bonds is 3. The monoisotopic (exact) mass is 477 g/mol. The Morgan fingerprint density at radius 3 is 0.682 bits per heavy atom. The Labute approximate surface area is 150 Å². The van der Waals surface area contributed by atoms with Crippen LogP contribution in [0.4, 0.5) is 0 Å². The number of hydrogen-bond donors (Lipinski definition) is 0. The topological polar surface area (TPSA) is 120 Å². The summed E-state index contributed by atoms with van der Waals surface area (Å²) in [5.41, 5.74) is 0. The van der Waals surface area contributed by atoms with E-state index in [4.69, 9.17) is 0 Å². The van der Waals surface area contributed by atoms with Crippen molar-refractivity contribution in [2.24, 2.45) is 0 Å². The molecular formula is C15H21HfO6-3. The van der Waals surface area contributed by atoms with Crippen LogP contribution in [0.5, 0.6) is 0 Å². The second kappa shape index (κ2) is 17.6. The van der Waals surface area contributed by atoms with Gasteiger partial charge >= 0.3 is 0 Å². The van der Waals surface area contributed by atoms with Crippen LogP contribution in [-0.2, 0) is 40.2 Å². The Bertz CT molecular complexity index is 368. The molecular weight excluding hydrogens is 455 g/mol. The fourth-order valence-electron chi connectivity index (χ4n) is 0.859. The molecule has 0 bridgehead atoms. The van der Waals surface area contributed by atoms with Crippen molar-refractivity contribution in [3.63, 3.8) is 0 Å². The fraction of sp³-hybridized carbons (Fsp3) is 0.400. The number of carbonyl (C=O) groups excluding carboxylic acids is 3. The maximum absolute atomic E-state index is 9.98. The van der Waals surface area contributed by atoms with E-state index in [-0.39, 0.29) is 60.5 Å². The molecule has 0 aliphatic rings. The molecule has 0 rings (SSSR count). The molecule has 22 heavy (non-hydrogen) atoms. The van der Waals surface area contributed by atoms with Crippen LogP contribution in [0.25, 0.3) is 0 Å². The van der Waals surface area contributed by atoms with E-state index in [2.05, 4.69) is 0 Å². The van der Waals surface area contributed by atoms with Gasteiger partial charge in [0.2, 0.25) is 0 Å². The van der Waals surface area contributed by atoms with Gasteiger partial charge in [0.15, 0.2) is 17.3 Å². The molecule has 0 radical (unpaired) electrons.